The number of hydrogen-bond donors (Lipinski definition) is 1. The van der Waals surface area contributed by atoms with Gasteiger partial charge in [0.2, 0.25) is 0 Å². The number of aromatic nitrogens is 6. The lowest BCUT2D eigenvalue weighted by atomic mass is 9.91. The second kappa shape index (κ2) is 7.66. The Morgan fingerprint density at radius 2 is 1.83 bits per heavy atom. The van der Waals surface area contributed by atoms with Crippen LogP contribution in [0.5, 0.6) is 0 Å². The highest BCUT2D eigenvalue weighted by Crippen LogP contribution is 2.29. The summed E-state index contributed by atoms with van der Waals surface area (Å²) in [4.78, 5) is 12.5. The first-order valence-electron chi connectivity index (χ1n) is 10.8. The first kappa shape index (κ1) is 19.0. The van der Waals surface area contributed by atoms with Gasteiger partial charge in [-0.2, -0.15) is 10.2 Å². The number of anilines is 1. The lowest BCUT2D eigenvalue weighted by molar-refractivity contribution is 0.302. The van der Waals surface area contributed by atoms with E-state index >= 15 is 0 Å². The lowest BCUT2D eigenvalue weighted by Gasteiger charge is -2.30. The van der Waals surface area contributed by atoms with Gasteiger partial charge in [-0.25, -0.2) is 9.36 Å². The molecule has 5 rings (SSSR count). The molecule has 3 heterocycles. The highest BCUT2D eigenvalue weighted by Gasteiger charge is 2.25. The lowest BCUT2D eigenvalue weighted by Crippen LogP contribution is -2.34. The summed E-state index contributed by atoms with van der Waals surface area (Å²) in [6, 6.07) is 7.98. The summed E-state index contributed by atoms with van der Waals surface area (Å²) in [6.07, 6.45) is 7.09. The van der Waals surface area contributed by atoms with Gasteiger partial charge in [-0.15, -0.1) is 10.2 Å². The van der Waals surface area contributed by atoms with E-state index in [0.29, 0.717) is 11.9 Å². The van der Waals surface area contributed by atoms with Crippen LogP contribution < -0.4 is 10.9 Å². The van der Waals surface area contributed by atoms with Crippen LogP contribution in [0.15, 0.2) is 29.1 Å². The van der Waals surface area contributed by atoms with Crippen molar-refractivity contribution in [2.75, 3.05) is 5.32 Å². The van der Waals surface area contributed by atoms with Gasteiger partial charge in [0, 0.05) is 17.8 Å². The van der Waals surface area contributed by atoms with Gasteiger partial charge in [-0.05, 0) is 82.6 Å². The van der Waals surface area contributed by atoms with Gasteiger partial charge in [0.1, 0.15) is 5.82 Å². The monoisotopic (exact) mass is 405 g/mol. The molecule has 3 aromatic heterocycles. The molecule has 30 heavy (non-hydrogen) atoms. The maximum absolute atomic E-state index is 12.5. The second-order valence-corrected chi connectivity index (χ2v) is 8.52. The quantitative estimate of drug-likeness (QED) is 0.718. The summed E-state index contributed by atoms with van der Waals surface area (Å²) in [5, 5.41) is 21.4. The molecule has 0 spiro atoms. The molecule has 8 heteroatoms. The Bertz CT molecular complexity index is 1120. The fourth-order valence-corrected chi connectivity index (χ4v) is 4.72. The fourth-order valence-electron chi connectivity index (χ4n) is 4.72. The van der Waals surface area contributed by atoms with Gasteiger partial charge >= 0.3 is 0 Å². The molecule has 1 N–H and O–H groups in total. The molecular formula is C22H27N7O. The Morgan fingerprint density at radius 1 is 1.00 bits per heavy atom. The maximum Gasteiger partial charge on any atom is 0.267 e. The van der Waals surface area contributed by atoms with Crippen molar-refractivity contribution in [1.82, 2.24) is 29.8 Å². The normalized spacial score (nSPS) is 20.9. The van der Waals surface area contributed by atoms with Gasteiger partial charge in [-0.1, -0.05) is 0 Å². The Balaban J connectivity index is 1.28. The van der Waals surface area contributed by atoms with Gasteiger partial charge < -0.3 is 5.32 Å². The van der Waals surface area contributed by atoms with Crippen molar-refractivity contribution in [1.29, 1.82) is 0 Å². The second-order valence-electron chi connectivity index (χ2n) is 8.52. The third-order valence-corrected chi connectivity index (χ3v) is 6.25. The molecule has 0 saturated heterocycles. The minimum atomic E-state index is -0.0545. The molecular weight excluding hydrogens is 378 g/mol. The van der Waals surface area contributed by atoms with Crippen molar-refractivity contribution in [3.05, 3.63) is 57.3 Å². The molecule has 1 saturated carbocycles. The zero-order valence-corrected chi connectivity index (χ0v) is 17.5. The van der Waals surface area contributed by atoms with Crippen LogP contribution in [0, 0.1) is 13.8 Å². The molecule has 0 atom stereocenters. The molecule has 2 aliphatic carbocycles. The van der Waals surface area contributed by atoms with Crippen molar-refractivity contribution in [2.45, 2.75) is 70.9 Å². The Morgan fingerprint density at radius 3 is 2.60 bits per heavy atom. The van der Waals surface area contributed by atoms with Crippen molar-refractivity contribution in [2.24, 2.45) is 0 Å². The molecule has 156 valence electrons. The zero-order valence-electron chi connectivity index (χ0n) is 17.5. The molecule has 8 nitrogen and oxygen atoms in total. The molecule has 0 radical (unpaired) electrons. The van der Waals surface area contributed by atoms with Crippen LogP contribution in [0.3, 0.4) is 0 Å². The standard InChI is InChI=1S/C22H27N7O/c1-14-12-15(2)28(26-14)21-10-11-22(30)29(27-21)18-8-6-17(7-9-18)23-20-13-16-4-3-5-19(16)24-25-20/h10-13,17-18H,3-9H2,1-2H3,(H,23,25). The minimum absolute atomic E-state index is 0.0545. The number of nitrogens with zero attached hydrogens (tertiary/aromatic N) is 6. The summed E-state index contributed by atoms with van der Waals surface area (Å²) in [5.74, 6) is 1.56. The Kier molecular flexibility index (Phi) is 4.84. The van der Waals surface area contributed by atoms with E-state index < -0.39 is 0 Å². The van der Waals surface area contributed by atoms with Gasteiger partial charge in [0.05, 0.1) is 17.4 Å². The van der Waals surface area contributed by atoms with Crippen LogP contribution in [0.4, 0.5) is 5.82 Å². The number of fused-ring (bicyclic) bond motifs is 1. The Labute approximate surface area is 175 Å². The third-order valence-electron chi connectivity index (χ3n) is 6.25. The van der Waals surface area contributed by atoms with E-state index in [0.717, 1.165) is 61.4 Å². The largest absolute Gasteiger partial charge is 0.366 e. The van der Waals surface area contributed by atoms with Gasteiger partial charge in [0.25, 0.3) is 5.56 Å². The summed E-state index contributed by atoms with van der Waals surface area (Å²) >= 11 is 0. The third kappa shape index (κ3) is 3.62. The first-order valence-corrected chi connectivity index (χ1v) is 10.8. The highest BCUT2D eigenvalue weighted by molar-refractivity contribution is 5.40. The van der Waals surface area contributed by atoms with Crippen LogP contribution in [0.2, 0.25) is 0 Å². The number of aryl methyl sites for hydroxylation is 4. The van der Waals surface area contributed by atoms with E-state index in [1.165, 1.54) is 12.0 Å². The smallest absolute Gasteiger partial charge is 0.267 e. The van der Waals surface area contributed by atoms with E-state index in [-0.39, 0.29) is 11.6 Å². The first-order chi connectivity index (χ1) is 14.6. The van der Waals surface area contributed by atoms with Crippen molar-refractivity contribution in [3.63, 3.8) is 0 Å². The summed E-state index contributed by atoms with van der Waals surface area (Å²) in [5.41, 5.74) is 4.37. The predicted octanol–water partition coefficient (Wildman–Crippen LogP) is 2.92. The number of hydrogen-bond acceptors (Lipinski definition) is 6. The molecule has 1 fully saturated rings. The van der Waals surface area contributed by atoms with Crippen LogP contribution in [0.25, 0.3) is 5.82 Å². The van der Waals surface area contributed by atoms with Crippen LogP contribution in [-0.2, 0) is 12.8 Å². The summed E-state index contributed by atoms with van der Waals surface area (Å²) < 4.78 is 3.45. The van der Waals surface area contributed by atoms with E-state index in [9.17, 15) is 4.79 Å². The fraction of sp³-hybridized carbons (Fsp3) is 0.500. The van der Waals surface area contributed by atoms with E-state index in [4.69, 9.17) is 0 Å². The topological polar surface area (TPSA) is 90.5 Å². The van der Waals surface area contributed by atoms with Crippen molar-refractivity contribution in [3.8, 4) is 5.82 Å². The maximum atomic E-state index is 12.5. The summed E-state index contributed by atoms with van der Waals surface area (Å²) in [7, 11) is 0. The zero-order chi connectivity index (χ0) is 20.7. The molecule has 0 aliphatic heterocycles. The van der Waals surface area contributed by atoms with E-state index in [2.05, 4.69) is 31.8 Å². The SMILES string of the molecule is Cc1cc(C)n(-c2ccc(=O)n(C3CCC(Nc4cc5c(nn4)CCC5)CC3)n2)n1. The molecule has 3 aromatic rings. The van der Waals surface area contributed by atoms with E-state index in [1.54, 1.807) is 21.5 Å². The van der Waals surface area contributed by atoms with Crippen LogP contribution >= 0.6 is 0 Å². The number of nitrogens with one attached hydrogen (secondary N) is 1. The molecule has 0 unspecified atom stereocenters. The highest BCUT2D eigenvalue weighted by atomic mass is 16.1. The number of rotatable bonds is 4. The van der Waals surface area contributed by atoms with E-state index in [1.807, 2.05) is 19.9 Å². The molecule has 2 aliphatic rings. The minimum Gasteiger partial charge on any atom is -0.366 e. The molecule has 0 aromatic carbocycles. The van der Waals surface area contributed by atoms with Crippen LogP contribution in [0.1, 0.15) is 60.8 Å². The summed E-state index contributed by atoms with van der Waals surface area (Å²) in [6.45, 7) is 3.95. The van der Waals surface area contributed by atoms with Crippen LogP contribution in [-0.4, -0.2) is 35.8 Å². The van der Waals surface area contributed by atoms with Gasteiger partial charge in [0.15, 0.2) is 5.82 Å². The average Bonchev–Trinajstić information content (AvgIpc) is 3.34. The Hall–Kier alpha value is -3.03. The predicted molar refractivity (Wildman–Crippen MR) is 114 cm³/mol. The van der Waals surface area contributed by atoms with Crippen molar-refractivity contribution < 1.29 is 0 Å². The van der Waals surface area contributed by atoms with Gasteiger partial charge in [-0.3, -0.25) is 4.79 Å². The van der Waals surface area contributed by atoms with Crippen molar-refractivity contribution >= 4 is 5.82 Å². The molecule has 0 amide bonds. The molecule has 0 bridgehead atoms. The average molecular weight is 406 g/mol.